The molecule has 1 saturated carbocycles. The van der Waals surface area contributed by atoms with E-state index in [2.05, 4.69) is 70.7 Å². The minimum Gasteiger partial charge on any atom is -0.367 e. The van der Waals surface area contributed by atoms with E-state index in [-0.39, 0.29) is 5.41 Å². The standard InChI is InChI=1S/C15H24BrN3S/c1-5-20-11-7-6-10(8-11)17-13-9-12(16)18-14(19-13)15(2,3)4/h9-11H,5-8H2,1-4H3,(H,17,18,19). The summed E-state index contributed by atoms with van der Waals surface area (Å²) in [5.74, 6) is 3.04. The molecule has 1 aliphatic carbocycles. The third kappa shape index (κ3) is 4.35. The van der Waals surface area contributed by atoms with Crippen molar-refractivity contribution in [2.24, 2.45) is 0 Å². The van der Waals surface area contributed by atoms with Crippen molar-refractivity contribution in [1.29, 1.82) is 0 Å². The summed E-state index contributed by atoms with van der Waals surface area (Å²) in [6, 6.07) is 2.53. The summed E-state index contributed by atoms with van der Waals surface area (Å²) in [7, 11) is 0. The van der Waals surface area contributed by atoms with Gasteiger partial charge in [-0.15, -0.1) is 0 Å². The van der Waals surface area contributed by atoms with Crippen molar-refractivity contribution in [1.82, 2.24) is 9.97 Å². The Hall–Kier alpha value is -0.290. The van der Waals surface area contributed by atoms with Gasteiger partial charge in [-0.2, -0.15) is 11.8 Å². The fraction of sp³-hybridized carbons (Fsp3) is 0.733. The highest BCUT2D eigenvalue weighted by Gasteiger charge is 2.25. The second-order valence-corrected chi connectivity index (χ2v) is 8.77. The van der Waals surface area contributed by atoms with E-state index in [9.17, 15) is 0 Å². The summed E-state index contributed by atoms with van der Waals surface area (Å²) in [4.78, 5) is 9.17. The number of thioether (sulfide) groups is 1. The number of anilines is 1. The van der Waals surface area contributed by atoms with Crippen LogP contribution in [0.4, 0.5) is 5.82 Å². The average Bonchev–Trinajstić information content (AvgIpc) is 2.75. The first-order chi connectivity index (χ1) is 9.38. The zero-order valence-electron chi connectivity index (χ0n) is 12.7. The molecule has 2 rings (SSSR count). The van der Waals surface area contributed by atoms with E-state index in [0.29, 0.717) is 6.04 Å². The lowest BCUT2D eigenvalue weighted by atomic mass is 9.96. The van der Waals surface area contributed by atoms with Crippen LogP contribution in [0.25, 0.3) is 0 Å². The summed E-state index contributed by atoms with van der Waals surface area (Å²) >= 11 is 5.58. The third-order valence-electron chi connectivity index (χ3n) is 3.50. The highest BCUT2D eigenvalue weighted by atomic mass is 79.9. The zero-order valence-corrected chi connectivity index (χ0v) is 15.1. The predicted molar refractivity (Wildman–Crippen MR) is 91.6 cm³/mol. The molecule has 0 amide bonds. The van der Waals surface area contributed by atoms with E-state index in [4.69, 9.17) is 0 Å². The van der Waals surface area contributed by atoms with Crippen LogP contribution < -0.4 is 5.32 Å². The maximum absolute atomic E-state index is 4.68. The van der Waals surface area contributed by atoms with Gasteiger partial charge in [0.1, 0.15) is 16.2 Å². The molecule has 1 heterocycles. The second-order valence-electron chi connectivity index (χ2n) is 6.38. The van der Waals surface area contributed by atoms with E-state index < -0.39 is 0 Å². The minimum absolute atomic E-state index is 0.0313. The molecular formula is C15H24BrN3S. The van der Waals surface area contributed by atoms with Gasteiger partial charge in [0.15, 0.2) is 0 Å². The molecule has 1 aliphatic rings. The number of aromatic nitrogens is 2. The van der Waals surface area contributed by atoms with Gasteiger partial charge in [0.05, 0.1) is 0 Å². The Kier molecular flexibility index (Phi) is 5.35. The Balaban J connectivity index is 2.05. The molecule has 1 fully saturated rings. The molecule has 0 bridgehead atoms. The van der Waals surface area contributed by atoms with Crippen LogP contribution in [0.5, 0.6) is 0 Å². The van der Waals surface area contributed by atoms with Crippen molar-refractivity contribution in [3.8, 4) is 0 Å². The number of halogens is 1. The van der Waals surface area contributed by atoms with Gasteiger partial charge in [-0.3, -0.25) is 0 Å². The van der Waals surface area contributed by atoms with Gasteiger partial charge < -0.3 is 5.32 Å². The summed E-state index contributed by atoms with van der Waals surface area (Å²) < 4.78 is 0.859. The topological polar surface area (TPSA) is 37.8 Å². The van der Waals surface area contributed by atoms with Crippen molar-refractivity contribution in [2.45, 2.75) is 63.7 Å². The predicted octanol–water partition coefficient (Wildman–Crippen LogP) is 4.62. The van der Waals surface area contributed by atoms with Gasteiger partial charge >= 0.3 is 0 Å². The summed E-state index contributed by atoms with van der Waals surface area (Å²) in [5.41, 5.74) is -0.0313. The van der Waals surface area contributed by atoms with Gasteiger partial charge in [0.25, 0.3) is 0 Å². The first-order valence-electron chi connectivity index (χ1n) is 7.31. The second kappa shape index (κ2) is 6.65. The quantitative estimate of drug-likeness (QED) is 0.797. The molecule has 0 spiro atoms. The maximum Gasteiger partial charge on any atom is 0.137 e. The fourth-order valence-corrected chi connectivity index (χ4v) is 4.02. The molecule has 0 aliphatic heterocycles. The summed E-state index contributed by atoms with van der Waals surface area (Å²) in [5, 5.41) is 4.40. The van der Waals surface area contributed by atoms with Gasteiger partial charge in [0.2, 0.25) is 0 Å². The van der Waals surface area contributed by atoms with Crippen molar-refractivity contribution < 1.29 is 0 Å². The minimum atomic E-state index is -0.0313. The van der Waals surface area contributed by atoms with E-state index in [1.807, 2.05) is 6.07 Å². The number of hydrogen-bond donors (Lipinski definition) is 1. The van der Waals surface area contributed by atoms with Crippen molar-refractivity contribution in [3.63, 3.8) is 0 Å². The van der Waals surface area contributed by atoms with Gasteiger partial charge in [-0.1, -0.05) is 27.7 Å². The van der Waals surface area contributed by atoms with Crippen LogP contribution in [0.15, 0.2) is 10.7 Å². The van der Waals surface area contributed by atoms with Crippen molar-refractivity contribution in [2.75, 3.05) is 11.1 Å². The first kappa shape index (κ1) is 16.1. The molecule has 0 aromatic carbocycles. The Bertz CT molecular complexity index is 459. The van der Waals surface area contributed by atoms with Crippen LogP contribution in [0.1, 0.15) is 52.8 Å². The van der Waals surface area contributed by atoms with Crippen LogP contribution in [-0.2, 0) is 5.41 Å². The smallest absolute Gasteiger partial charge is 0.137 e. The lowest BCUT2D eigenvalue weighted by Crippen LogP contribution is -2.21. The van der Waals surface area contributed by atoms with Crippen LogP contribution >= 0.6 is 27.7 Å². The molecule has 1 N–H and O–H groups in total. The molecule has 5 heteroatoms. The highest BCUT2D eigenvalue weighted by molar-refractivity contribution is 9.10. The number of nitrogens with one attached hydrogen (secondary N) is 1. The van der Waals surface area contributed by atoms with Crippen LogP contribution in [0, 0.1) is 0 Å². The van der Waals surface area contributed by atoms with Crippen molar-refractivity contribution in [3.05, 3.63) is 16.5 Å². The molecule has 0 radical (unpaired) electrons. The lowest BCUT2D eigenvalue weighted by Gasteiger charge is -2.19. The summed E-state index contributed by atoms with van der Waals surface area (Å²) in [6.45, 7) is 8.66. The number of nitrogens with zero attached hydrogens (tertiary/aromatic N) is 2. The first-order valence-corrected chi connectivity index (χ1v) is 9.16. The Morgan fingerprint density at radius 1 is 1.35 bits per heavy atom. The monoisotopic (exact) mass is 357 g/mol. The van der Waals surface area contributed by atoms with E-state index in [1.54, 1.807) is 0 Å². The molecule has 3 nitrogen and oxygen atoms in total. The van der Waals surface area contributed by atoms with Crippen molar-refractivity contribution >= 4 is 33.5 Å². The molecule has 1 aromatic rings. The van der Waals surface area contributed by atoms with Gasteiger partial charge in [-0.25, -0.2) is 9.97 Å². The zero-order chi connectivity index (χ0) is 14.8. The van der Waals surface area contributed by atoms with Gasteiger partial charge in [0, 0.05) is 22.8 Å². The van der Waals surface area contributed by atoms with E-state index >= 15 is 0 Å². The Labute approximate surface area is 134 Å². The highest BCUT2D eigenvalue weighted by Crippen LogP contribution is 2.32. The average molecular weight is 358 g/mol. The van der Waals surface area contributed by atoms with Crippen LogP contribution in [0.2, 0.25) is 0 Å². The Morgan fingerprint density at radius 3 is 2.75 bits per heavy atom. The Morgan fingerprint density at radius 2 is 2.10 bits per heavy atom. The van der Waals surface area contributed by atoms with Gasteiger partial charge in [-0.05, 0) is 40.9 Å². The number of rotatable bonds is 4. The fourth-order valence-electron chi connectivity index (χ4n) is 2.49. The molecule has 2 unspecified atom stereocenters. The lowest BCUT2D eigenvalue weighted by molar-refractivity contribution is 0.543. The van der Waals surface area contributed by atoms with Crippen LogP contribution in [-0.4, -0.2) is 27.0 Å². The van der Waals surface area contributed by atoms with Crippen LogP contribution in [0.3, 0.4) is 0 Å². The third-order valence-corrected chi connectivity index (χ3v) is 5.14. The normalized spacial score (nSPS) is 23.1. The molecule has 112 valence electrons. The van der Waals surface area contributed by atoms with E-state index in [1.165, 1.54) is 25.0 Å². The largest absolute Gasteiger partial charge is 0.367 e. The van der Waals surface area contributed by atoms with E-state index in [0.717, 1.165) is 21.5 Å². The number of hydrogen-bond acceptors (Lipinski definition) is 4. The summed E-state index contributed by atoms with van der Waals surface area (Å²) in [6.07, 6.45) is 3.80. The molecule has 20 heavy (non-hydrogen) atoms. The molecule has 1 aromatic heterocycles. The SMILES string of the molecule is CCSC1CCC(Nc2cc(Br)nc(C(C)(C)C)n2)C1. The molecule has 2 atom stereocenters. The maximum atomic E-state index is 4.68. The molecule has 0 saturated heterocycles. The molecular weight excluding hydrogens is 334 g/mol.